The lowest BCUT2D eigenvalue weighted by atomic mass is 9.72. The number of hydrogen-bond acceptors (Lipinski definition) is 6. The van der Waals surface area contributed by atoms with Crippen LogP contribution in [0.2, 0.25) is 0 Å². The molecular weight excluding hydrogens is 348 g/mol. The van der Waals surface area contributed by atoms with Crippen LogP contribution in [-0.4, -0.2) is 49.8 Å². The summed E-state index contributed by atoms with van der Waals surface area (Å²) < 4.78 is 6.03. The fourth-order valence-electron chi connectivity index (χ4n) is 5.20. The smallest absolute Gasteiger partial charge is 0.176 e. The summed E-state index contributed by atoms with van der Waals surface area (Å²) >= 11 is 0. The quantitative estimate of drug-likeness (QED) is 0.512. The predicted octanol–water partition coefficient (Wildman–Crippen LogP) is 2.24. The SMILES string of the molecule is CC(C)=CC1OC(C)(C)[C@@H]2C[C@@H]3C(=O)C(C(=O)CC(C)C)=C(O)[C@]3(O)[C@]12O. The topological polar surface area (TPSA) is 104 Å². The van der Waals surface area contributed by atoms with Crippen molar-refractivity contribution in [3.63, 3.8) is 0 Å². The summed E-state index contributed by atoms with van der Waals surface area (Å²) in [6, 6.07) is 0. The number of allylic oxidation sites excluding steroid dienone is 2. The number of carbonyl (C=O) groups is 2. The minimum atomic E-state index is -2.22. The van der Waals surface area contributed by atoms with Gasteiger partial charge in [-0.15, -0.1) is 0 Å². The van der Waals surface area contributed by atoms with Gasteiger partial charge in [0.2, 0.25) is 0 Å². The number of aliphatic hydroxyl groups excluding tert-OH is 1. The van der Waals surface area contributed by atoms with Crippen molar-refractivity contribution < 1.29 is 29.6 Å². The Labute approximate surface area is 159 Å². The molecule has 2 aliphatic carbocycles. The predicted molar refractivity (Wildman–Crippen MR) is 99.0 cm³/mol. The largest absolute Gasteiger partial charge is 0.508 e. The minimum absolute atomic E-state index is 0.00342. The molecule has 3 N–H and O–H groups in total. The van der Waals surface area contributed by atoms with Gasteiger partial charge in [-0.2, -0.15) is 0 Å². The molecule has 150 valence electrons. The Balaban J connectivity index is 2.16. The second-order valence-corrected chi connectivity index (χ2v) is 9.43. The number of ether oxygens (including phenoxy) is 1. The van der Waals surface area contributed by atoms with Gasteiger partial charge in [0.05, 0.1) is 11.5 Å². The van der Waals surface area contributed by atoms with E-state index < -0.39 is 52.1 Å². The van der Waals surface area contributed by atoms with Crippen LogP contribution < -0.4 is 0 Å². The van der Waals surface area contributed by atoms with Gasteiger partial charge in [-0.3, -0.25) is 9.59 Å². The highest BCUT2D eigenvalue weighted by Gasteiger charge is 2.79. The Morgan fingerprint density at radius 1 is 1.30 bits per heavy atom. The summed E-state index contributed by atoms with van der Waals surface area (Å²) in [6.07, 6.45) is 1.05. The molecule has 5 atom stereocenters. The van der Waals surface area contributed by atoms with Gasteiger partial charge in [0.1, 0.15) is 23.0 Å². The van der Waals surface area contributed by atoms with E-state index in [0.717, 1.165) is 5.57 Å². The lowest BCUT2D eigenvalue weighted by Crippen LogP contribution is -2.60. The molecule has 1 saturated heterocycles. The Bertz CT molecular complexity index is 757. The van der Waals surface area contributed by atoms with E-state index in [-0.39, 0.29) is 24.3 Å². The Morgan fingerprint density at radius 3 is 2.41 bits per heavy atom. The third-order valence-corrected chi connectivity index (χ3v) is 6.34. The van der Waals surface area contributed by atoms with Gasteiger partial charge in [-0.25, -0.2) is 0 Å². The molecule has 1 unspecified atom stereocenters. The average Bonchev–Trinajstić information content (AvgIpc) is 2.94. The van der Waals surface area contributed by atoms with Crippen molar-refractivity contribution in [3.8, 4) is 0 Å². The molecule has 6 nitrogen and oxygen atoms in total. The van der Waals surface area contributed by atoms with E-state index in [4.69, 9.17) is 4.74 Å². The minimum Gasteiger partial charge on any atom is -0.508 e. The highest BCUT2D eigenvalue weighted by atomic mass is 16.5. The Hall–Kier alpha value is -1.50. The van der Waals surface area contributed by atoms with E-state index >= 15 is 0 Å². The van der Waals surface area contributed by atoms with Gasteiger partial charge in [0.15, 0.2) is 17.2 Å². The lowest BCUT2D eigenvalue weighted by molar-refractivity contribution is -0.168. The van der Waals surface area contributed by atoms with Gasteiger partial charge in [-0.1, -0.05) is 25.5 Å². The van der Waals surface area contributed by atoms with Crippen molar-refractivity contribution in [1.29, 1.82) is 0 Å². The average molecular weight is 378 g/mol. The van der Waals surface area contributed by atoms with Gasteiger partial charge >= 0.3 is 0 Å². The van der Waals surface area contributed by atoms with Gasteiger partial charge < -0.3 is 20.1 Å². The summed E-state index contributed by atoms with van der Waals surface area (Å²) in [6.45, 7) is 11.0. The fraction of sp³-hybridized carbons (Fsp3) is 0.714. The number of rotatable bonds is 4. The van der Waals surface area contributed by atoms with Crippen LogP contribution in [0.1, 0.15) is 54.4 Å². The van der Waals surface area contributed by atoms with Gasteiger partial charge in [-0.05, 0) is 40.0 Å². The first kappa shape index (κ1) is 20.2. The zero-order valence-electron chi connectivity index (χ0n) is 16.9. The van der Waals surface area contributed by atoms with E-state index in [0.29, 0.717) is 0 Å². The number of Topliss-reactive ketones (excluding diaryl/α,β-unsaturated/α-hetero) is 2. The zero-order valence-corrected chi connectivity index (χ0v) is 16.9. The molecule has 0 amide bonds. The molecule has 0 aromatic carbocycles. The van der Waals surface area contributed by atoms with E-state index in [1.54, 1.807) is 6.08 Å². The second-order valence-electron chi connectivity index (χ2n) is 9.43. The summed E-state index contributed by atoms with van der Waals surface area (Å²) in [4.78, 5) is 25.5. The molecule has 0 spiro atoms. The van der Waals surface area contributed by atoms with Crippen molar-refractivity contribution >= 4 is 11.6 Å². The van der Waals surface area contributed by atoms with Gasteiger partial charge in [0, 0.05) is 12.3 Å². The highest BCUT2D eigenvalue weighted by Crippen LogP contribution is 2.64. The van der Waals surface area contributed by atoms with E-state index in [1.807, 2.05) is 41.5 Å². The molecule has 3 rings (SSSR count). The molecular formula is C21H30O6. The number of aliphatic hydroxyl groups is 3. The zero-order chi connectivity index (χ0) is 20.5. The summed E-state index contributed by atoms with van der Waals surface area (Å²) in [7, 11) is 0. The molecule has 0 radical (unpaired) electrons. The first-order chi connectivity index (χ1) is 12.3. The second kappa shape index (κ2) is 6.00. The molecule has 2 fully saturated rings. The van der Waals surface area contributed by atoms with E-state index in [1.165, 1.54) is 0 Å². The number of ketones is 2. The normalized spacial score (nSPS) is 39.7. The van der Waals surface area contributed by atoms with Crippen LogP contribution in [0.3, 0.4) is 0 Å². The van der Waals surface area contributed by atoms with Crippen LogP contribution in [0.25, 0.3) is 0 Å². The molecule has 0 aromatic rings. The van der Waals surface area contributed by atoms with E-state index in [2.05, 4.69) is 0 Å². The molecule has 1 aliphatic heterocycles. The first-order valence-corrected chi connectivity index (χ1v) is 9.57. The van der Waals surface area contributed by atoms with Crippen LogP contribution in [0.5, 0.6) is 0 Å². The van der Waals surface area contributed by atoms with Crippen molar-refractivity contribution in [2.75, 3.05) is 0 Å². The summed E-state index contributed by atoms with van der Waals surface area (Å²) in [5, 5.41) is 34.1. The monoisotopic (exact) mass is 378 g/mol. The van der Waals surface area contributed by atoms with Crippen LogP contribution in [0.15, 0.2) is 23.0 Å². The third-order valence-electron chi connectivity index (χ3n) is 6.34. The van der Waals surface area contributed by atoms with Crippen molar-refractivity contribution in [2.24, 2.45) is 17.8 Å². The number of fused-ring (bicyclic) bond motifs is 3. The Morgan fingerprint density at radius 2 is 1.89 bits per heavy atom. The van der Waals surface area contributed by atoms with Crippen LogP contribution in [-0.2, 0) is 14.3 Å². The van der Waals surface area contributed by atoms with Crippen molar-refractivity contribution in [2.45, 2.75) is 77.3 Å². The standard InChI is InChI=1S/C21H30O6/c1-10(2)7-13(22)16-17(23)12-9-14-19(5,6)27-15(8-11(3)4)21(14,26)20(12,25)18(16)24/h8,10,12,14-15,24-26H,7,9H2,1-6H3/t12-,14+,15?,20+,21-/m1/s1. The van der Waals surface area contributed by atoms with Crippen molar-refractivity contribution in [1.82, 2.24) is 0 Å². The molecule has 6 heteroatoms. The summed E-state index contributed by atoms with van der Waals surface area (Å²) in [5.41, 5.74) is -4.39. The third kappa shape index (κ3) is 2.50. The molecule has 0 bridgehead atoms. The highest BCUT2D eigenvalue weighted by molar-refractivity contribution is 6.24. The molecule has 3 aliphatic rings. The molecule has 1 heterocycles. The van der Waals surface area contributed by atoms with Crippen LogP contribution >= 0.6 is 0 Å². The lowest BCUT2D eigenvalue weighted by Gasteiger charge is -2.39. The van der Waals surface area contributed by atoms with Gasteiger partial charge in [0.25, 0.3) is 0 Å². The summed E-state index contributed by atoms with van der Waals surface area (Å²) in [5.74, 6) is -3.36. The first-order valence-electron chi connectivity index (χ1n) is 9.57. The van der Waals surface area contributed by atoms with Crippen LogP contribution in [0.4, 0.5) is 0 Å². The number of carbonyl (C=O) groups excluding carboxylic acids is 2. The van der Waals surface area contributed by atoms with E-state index in [9.17, 15) is 24.9 Å². The molecule has 1 saturated carbocycles. The molecule has 27 heavy (non-hydrogen) atoms. The van der Waals surface area contributed by atoms with Crippen molar-refractivity contribution in [3.05, 3.63) is 23.0 Å². The number of hydrogen-bond donors (Lipinski definition) is 3. The molecule has 0 aromatic heterocycles. The Kier molecular flexibility index (Phi) is 4.50. The maximum Gasteiger partial charge on any atom is 0.176 e. The fourth-order valence-corrected chi connectivity index (χ4v) is 5.20. The van der Waals surface area contributed by atoms with Crippen LogP contribution in [0, 0.1) is 17.8 Å². The maximum absolute atomic E-state index is 13.0. The maximum atomic E-state index is 13.0.